The maximum atomic E-state index is 12.3. The number of anilines is 1. The summed E-state index contributed by atoms with van der Waals surface area (Å²) in [5.74, 6) is 2.03. The van der Waals surface area contributed by atoms with Crippen LogP contribution in [-0.2, 0) is 4.79 Å². The van der Waals surface area contributed by atoms with Gasteiger partial charge in [0.05, 0.1) is 40.2 Å². The van der Waals surface area contributed by atoms with Gasteiger partial charge in [0.25, 0.3) is 0 Å². The van der Waals surface area contributed by atoms with Gasteiger partial charge in [0.15, 0.2) is 11.5 Å². The molecular formula is C22H28N2O5. The number of rotatable bonds is 9. The first-order valence-electron chi connectivity index (χ1n) is 9.19. The molecule has 2 aromatic carbocycles. The van der Waals surface area contributed by atoms with Crippen molar-refractivity contribution < 1.29 is 23.7 Å². The highest BCUT2D eigenvalue weighted by Gasteiger charge is 2.14. The highest BCUT2D eigenvalue weighted by atomic mass is 16.5. The van der Waals surface area contributed by atoms with Gasteiger partial charge in [0.1, 0.15) is 5.75 Å². The Morgan fingerprint density at radius 2 is 1.66 bits per heavy atom. The molecule has 29 heavy (non-hydrogen) atoms. The molecule has 0 spiro atoms. The number of hydrogen-bond donors (Lipinski definition) is 2. The standard InChI is InChI=1S/C22H28N2O5/c1-6-17(23)22(25)24-18-13-16(26-2)10-9-15(18)8-7-14-11-19(27-3)21(29-5)20(12-14)28-4/h7-13,17H,6,23H2,1-5H3,(H,24,25)/b8-7-. The largest absolute Gasteiger partial charge is 0.497 e. The van der Waals surface area contributed by atoms with Crippen LogP contribution in [0.3, 0.4) is 0 Å². The summed E-state index contributed by atoms with van der Waals surface area (Å²) in [6.07, 6.45) is 4.32. The fraction of sp³-hybridized carbons (Fsp3) is 0.318. The third kappa shape index (κ3) is 5.42. The summed E-state index contributed by atoms with van der Waals surface area (Å²) in [6.45, 7) is 1.86. The van der Waals surface area contributed by atoms with Crippen LogP contribution in [-0.4, -0.2) is 40.4 Å². The van der Waals surface area contributed by atoms with Gasteiger partial charge in [0.2, 0.25) is 11.7 Å². The zero-order valence-electron chi connectivity index (χ0n) is 17.4. The Hall–Kier alpha value is -3.19. The van der Waals surface area contributed by atoms with E-state index in [1.807, 2.05) is 43.3 Å². The van der Waals surface area contributed by atoms with E-state index < -0.39 is 6.04 Å². The van der Waals surface area contributed by atoms with E-state index >= 15 is 0 Å². The zero-order chi connectivity index (χ0) is 21.4. The van der Waals surface area contributed by atoms with Crippen molar-refractivity contribution in [1.82, 2.24) is 0 Å². The lowest BCUT2D eigenvalue weighted by Gasteiger charge is -2.14. The molecule has 156 valence electrons. The number of nitrogens with one attached hydrogen (secondary N) is 1. The lowest BCUT2D eigenvalue weighted by Crippen LogP contribution is -2.35. The topological polar surface area (TPSA) is 92.0 Å². The molecule has 0 radical (unpaired) electrons. The van der Waals surface area contributed by atoms with Gasteiger partial charge in [-0.15, -0.1) is 0 Å². The van der Waals surface area contributed by atoms with Crippen molar-refractivity contribution in [2.45, 2.75) is 19.4 Å². The number of nitrogens with two attached hydrogens (primary N) is 1. The van der Waals surface area contributed by atoms with Gasteiger partial charge in [-0.1, -0.05) is 19.1 Å². The van der Waals surface area contributed by atoms with E-state index in [0.717, 1.165) is 11.1 Å². The van der Waals surface area contributed by atoms with Crippen molar-refractivity contribution in [3.05, 3.63) is 41.5 Å². The van der Waals surface area contributed by atoms with Gasteiger partial charge in [-0.3, -0.25) is 4.79 Å². The predicted octanol–water partition coefficient (Wildman–Crippen LogP) is 3.57. The molecule has 0 bridgehead atoms. The number of carbonyl (C=O) groups excluding carboxylic acids is 1. The first-order valence-corrected chi connectivity index (χ1v) is 9.19. The Morgan fingerprint density at radius 1 is 1.00 bits per heavy atom. The van der Waals surface area contributed by atoms with E-state index in [1.54, 1.807) is 34.5 Å². The summed E-state index contributed by atoms with van der Waals surface area (Å²) in [5.41, 5.74) is 8.10. The van der Waals surface area contributed by atoms with Crippen molar-refractivity contribution in [3.63, 3.8) is 0 Å². The Morgan fingerprint density at radius 3 is 2.17 bits per heavy atom. The van der Waals surface area contributed by atoms with Gasteiger partial charge in [-0.2, -0.15) is 0 Å². The molecule has 2 aromatic rings. The van der Waals surface area contributed by atoms with Crippen LogP contribution in [0, 0.1) is 0 Å². The first-order chi connectivity index (χ1) is 14.0. The average molecular weight is 400 g/mol. The minimum atomic E-state index is -0.576. The molecule has 1 amide bonds. The van der Waals surface area contributed by atoms with E-state index in [4.69, 9.17) is 24.7 Å². The van der Waals surface area contributed by atoms with Crippen LogP contribution in [0.2, 0.25) is 0 Å². The number of methoxy groups -OCH3 is 4. The van der Waals surface area contributed by atoms with Crippen molar-refractivity contribution in [1.29, 1.82) is 0 Å². The summed E-state index contributed by atoms with van der Waals surface area (Å²) < 4.78 is 21.4. The van der Waals surface area contributed by atoms with Crippen molar-refractivity contribution in [2.75, 3.05) is 33.8 Å². The molecule has 0 aliphatic carbocycles. The fourth-order valence-electron chi connectivity index (χ4n) is 2.71. The lowest BCUT2D eigenvalue weighted by atomic mass is 10.1. The van der Waals surface area contributed by atoms with E-state index in [2.05, 4.69) is 5.32 Å². The average Bonchev–Trinajstić information content (AvgIpc) is 2.76. The predicted molar refractivity (Wildman–Crippen MR) is 115 cm³/mol. The second-order valence-electron chi connectivity index (χ2n) is 6.25. The molecule has 3 N–H and O–H groups in total. The van der Waals surface area contributed by atoms with E-state index in [1.165, 1.54) is 0 Å². The van der Waals surface area contributed by atoms with E-state index in [9.17, 15) is 4.79 Å². The van der Waals surface area contributed by atoms with Crippen LogP contribution >= 0.6 is 0 Å². The summed E-state index contributed by atoms with van der Waals surface area (Å²) in [4.78, 5) is 12.3. The summed E-state index contributed by atoms with van der Waals surface area (Å²) in [7, 11) is 6.27. The second kappa shape index (κ2) is 10.4. The van der Waals surface area contributed by atoms with Gasteiger partial charge < -0.3 is 30.0 Å². The van der Waals surface area contributed by atoms with Gasteiger partial charge in [0, 0.05) is 6.07 Å². The Kier molecular flexibility index (Phi) is 7.91. The molecule has 0 aliphatic rings. The number of amides is 1. The molecule has 1 atom stereocenters. The smallest absolute Gasteiger partial charge is 0.241 e. The normalized spacial score (nSPS) is 11.8. The molecule has 2 rings (SSSR count). The summed E-state index contributed by atoms with van der Waals surface area (Å²) in [6, 6.07) is 8.55. The van der Waals surface area contributed by atoms with Crippen molar-refractivity contribution in [3.8, 4) is 23.0 Å². The molecular weight excluding hydrogens is 372 g/mol. The van der Waals surface area contributed by atoms with E-state index in [0.29, 0.717) is 35.1 Å². The molecule has 0 saturated carbocycles. The van der Waals surface area contributed by atoms with Crippen LogP contribution in [0.25, 0.3) is 12.2 Å². The Balaban J connectivity index is 2.40. The maximum absolute atomic E-state index is 12.3. The number of carbonyl (C=O) groups is 1. The zero-order valence-corrected chi connectivity index (χ0v) is 17.4. The van der Waals surface area contributed by atoms with Crippen LogP contribution < -0.4 is 30.0 Å². The quantitative estimate of drug-likeness (QED) is 0.625. The summed E-state index contributed by atoms with van der Waals surface area (Å²) >= 11 is 0. The number of benzene rings is 2. The highest BCUT2D eigenvalue weighted by molar-refractivity contribution is 5.97. The van der Waals surface area contributed by atoms with E-state index in [-0.39, 0.29) is 5.91 Å². The monoisotopic (exact) mass is 400 g/mol. The molecule has 0 aromatic heterocycles. The highest BCUT2D eigenvalue weighted by Crippen LogP contribution is 2.38. The third-order valence-electron chi connectivity index (χ3n) is 4.44. The van der Waals surface area contributed by atoms with Gasteiger partial charge >= 0.3 is 0 Å². The minimum Gasteiger partial charge on any atom is -0.497 e. The minimum absolute atomic E-state index is 0.247. The third-order valence-corrected chi connectivity index (χ3v) is 4.44. The molecule has 0 heterocycles. The van der Waals surface area contributed by atoms with Gasteiger partial charge in [-0.05, 0) is 41.8 Å². The van der Waals surface area contributed by atoms with Crippen LogP contribution in [0.1, 0.15) is 24.5 Å². The van der Waals surface area contributed by atoms with Crippen molar-refractivity contribution in [2.24, 2.45) is 5.73 Å². The van der Waals surface area contributed by atoms with Crippen LogP contribution in [0.4, 0.5) is 5.69 Å². The second-order valence-corrected chi connectivity index (χ2v) is 6.25. The molecule has 0 aliphatic heterocycles. The SMILES string of the molecule is CCC(N)C(=O)Nc1cc(OC)ccc1/C=C\c1cc(OC)c(OC)c(OC)c1. The molecule has 1 unspecified atom stereocenters. The number of ether oxygens (including phenoxy) is 4. The number of hydrogen-bond acceptors (Lipinski definition) is 6. The maximum Gasteiger partial charge on any atom is 0.241 e. The fourth-order valence-corrected chi connectivity index (χ4v) is 2.71. The van der Waals surface area contributed by atoms with Gasteiger partial charge in [-0.25, -0.2) is 0 Å². The first kappa shape index (κ1) is 22.1. The van der Waals surface area contributed by atoms with Crippen LogP contribution in [0.5, 0.6) is 23.0 Å². The molecule has 7 heteroatoms. The molecule has 7 nitrogen and oxygen atoms in total. The molecule has 0 fully saturated rings. The Labute approximate surface area is 171 Å². The molecule has 0 saturated heterocycles. The summed E-state index contributed by atoms with van der Waals surface area (Å²) in [5, 5.41) is 2.87. The Bertz CT molecular complexity index is 854. The van der Waals surface area contributed by atoms with Crippen molar-refractivity contribution >= 4 is 23.7 Å². The lowest BCUT2D eigenvalue weighted by molar-refractivity contribution is -0.117. The van der Waals surface area contributed by atoms with Crippen LogP contribution in [0.15, 0.2) is 30.3 Å².